The van der Waals surface area contributed by atoms with Crippen LogP contribution in [0.25, 0.3) is 23.4 Å². The molecule has 0 N–H and O–H groups in total. The van der Waals surface area contributed by atoms with Gasteiger partial charge in [-0.25, -0.2) is 0 Å². The Hall–Kier alpha value is -2.85. The first-order chi connectivity index (χ1) is 11.9. The Bertz CT molecular complexity index is 835. The molecule has 0 bridgehead atoms. The maximum atomic E-state index is 5.69. The van der Waals surface area contributed by atoms with E-state index < -0.39 is 0 Å². The minimum atomic E-state index is 0.259. The summed E-state index contributed by atoms with van der Waals surface area (Å²) in [4.78, 5) is 0. The normalized spacial score (nSPS) is 16.4. The minimum Gasteiger partial charge on any atom is -0.491 e. The largest absolute Gasteiger partial charge is 0.491 e. The average molecular weight is 319 g/mol. The van der Waals surface area contributed by atoms with Gasteiger partial charge in [-0.1, -0.05) is 53.7 Å². The number of hydrogen-bond donors (Lipinski definition) is 0. The van der Waals surface area contributed by atoms with Gasteiger partial charge in [-0.2, -0.15) is 0 Å². The summed E-state index contributed by atoms with van der Waals surface area (Å²) < 4.78 is 16.2. The van der Waals surface area contributed by atoms with Gasteiger partial charge in [-0.3, -0.25) is 0 Å². The molecule has 24 heavy (non-hydrogen) atoms. The SMILES string of the molecule is C(=Cc1cc(-c2ccccc2)no1)c1cccc(OCC2CO2)c1. The highest BCUT2D eigenvalue weighted by Gasteiger charge is 2.22. The maximum absolute atomic E-state index is 5.69. The van der Waals surface area contributed by atoms with Crippen molar-refractivity contribution < 1.29 is 14.0 Å². The first kappa shape index (κ1) is 14.7. The third kappa shape index (κ3) is 3.73. The van der Waals surface area contributed by atoms with E-state index in [4.69, 9.17) is 14.0 Å². The monoisotopic (exact) mass is 319 g/mol. The number of aromatic nitrogens is 1. The number of ether oxygens (including phenoxy) is 2. The Morgan fingerprint density at radius 1 is 1.04 bits per heavy atom. The molecule has 0 aliphatic carbocycles. The van der Waals surface area contributed by atoms with Crippen molar-refractivity contribution in [1.29, 1.82) is 0 Å². The van der Waals surface area contributed by atoms with Gasteiger partial charge in [0.2, 0.25) is 0 Å². The van der Waals surface area contributed by atoms with Gasteiger partial charge in [0.15, 0.2) is 5.76 Å². The molecule has 4 rings (SSSR count). The van der Waals surface area contributed by atoms with Crippen LogP contribution in [0, 0.1) is 0 Å². The molecule has 0 spiro atoms. The lowest BCUT2D eigenvalue weighted by Gasteiger charge is -2.04. The molecule has 4 nitrogen and oxygen atoms in total. The van der Waals surface area contributed by atoms with Gasteiger partial charge in [0.05, 0.1) is 6.61 Å². The third-order valence-electron chi connectivity index (χ3n) is 3.73. The van der Waals surface area contributed by atoms with Crippen molar-refractivity contribution >= 4 is 12.2 Å². The van der Waals surface area contributed by atoms with E-state index in [9.17, 15) is 0 Å². The molecular weight excluding hydrogens is 302 g/mol. The van der Waals surface area contributed by atoms with Crippen LogP contribution in [0.3, 0.4) is 0 Å². The molecule has 0 amide bonds. The van der Waals surface area contributed by atoms with Crippen molar-refractivity contribution in [3.63, 3.8) is 0 Å². The predicted molar refractivity (Wildman–Crippen MR) is 92.5 cm³/mol. The molecule has 2 heterocycles. The lowest BCUT2D eigenvalue weighted by atomic mass is 10.1. The molecule has 2 aromatic carbocycles. The van der Waals surface area contributed by atoms with Crippen LogP contribution in [0.1, 0.15) is 11.3 Å². The molecule has 0 radical (unpaired) electrons. The van der Waals surface area contributed by atoms with E-state index in [0.717, 1.165) is 29.2 Å². The van der Waals surface area contributed by atoms with E-state index in [1.807, 2.05) is 72.8 Å². The minimum absolute atomic E-state index is 0.259. The van der Waals surface area contributed by atoms with Crippen LogP contribution >= 0.6 is 0 Å². The zero-order valence-electron chi connectivity index (χ0n) is 13.1. The summed E-state index contributed by atoms with van der Waals surface area (Å²) in [5, 5.41) is 4.11. The van der Waals surface area contributed by atoms with Crippen LogP contribution in [0.15, 0.2) is 65.2 Å². The van der Waals surface area contributed by atoms with Crippen LogP contribution in [-0.4, -0.2) is 24.5 Å². The van der Waals surface area contributed by atoms with E-state index in [-0.39, 0.29) is 6.10 Å². The summed E-state index contributed by atoms with van der Waals surface area (Å²) in [6, 6.07) is 19.8. The van der Waals surface area contributed by atoms with Gasteiger partial charge in [-0.15, -0.1) is 0 Å². The zero-order valence-corrected chi connectivity index (χ0v) is 13.1. The Balaban J connectivity index is 1.45. The summed E-state index contributed by atoms with van der Waals surface area (Å²) >= 11 is 0. The molecule has 1 atom stereocenters. The van der Waals surface area contributed by atoms with E-state index in [1.165, 1.54) is 0 Å². The van der Waals surface area contributed by atoms with Gasteiger partial charge in [0.25, 0.3) is 0 Å². The smallest absolute Gasteiger partial charge is 0.160 e. The molecule has 1 saturated heterocycles. The van der Waals surface area contributed by atoms with Gasteiger partial charge >= 0.3 is 0 Å². The summed E-state index contributed by atoms with van der Waals surface area (Å²) in [6.07, 6.45) is 4.15. The van der Waals surface area contributed by atoms with Gasteiger partial charge in [-0.05, 0) is 23.8 Å². The average Bonchev–Trinajstić information content (AvgIpc) is 3.35. The van der Waals surface area contributed by atoms with E-state index in [2.05, 4.69) is 5.16 Å². The standard InChI is InChI=1S/C20H17NO3/c1-2-6-16(7-3-1)20-12-18(24-21-20)10-9-15-5-4-8-17(11-15)22-13-19-14-23-19/h1-12,19H,13-14H2. The molecule has 1 aromatic heterocycles. The molecular formula is C20H17NO3. The first-order valence-electron chi connectivity index (χ1n) is 7.91. The lowest BCUT2D eigenvalue weighted by molar-refractivity contribution is 0.263. The molecule has 4 heteroatoms. The fraction of sp³-hybridized carbons (Fsp3) is 0.150. The van der Waals surface area contributed by atoms with Crippen molar-refractivity contribution in [2.45, 2.75) is 6.10 Å². The van der Waals surface area contributed by atoms with Crippen LogP contribution in [0.4, 0.5) is 0 Å². The van der Waals surface area contributed by atoms with Crippen molar-refractivity contribution in [3.05, 3.63) is 72.0 Å². The van der Waals surface area contributed by atoms with Crippen LogP contribution in [-0.2, 0) is 4.74 Å². The molecule has 1 aliphatic rings. The van der Waals surface area contributed by atoms with E-state index in [1.54, 1.807) is 0 Å². The van der Waals surface area contributed by atoms with Crippen molar-refractivity contribution in [2.75, 3.05) is 13.2 Å². The highest BCUT2D eigenvalue weighted by atomic mass is 16.6. The lowest BCUT2D eigenvalue weighted by Crippen LogP contribution is -2.03. The number of nitrogens with zero attached hydrogens (tertiary/aromatic N) is 1. The highest BCUT2D eigenvalue weighted by Crippen LogP contribution is 2.21. The number of benzene rings is 2. The van der Waals surface area contributed by atoms with Crippen molar-refractivity contribution in [2.24, 2.45) is 0 Å². The van der Waals surface area contributed by atoms with Crippen LogP contribution in [0.5, 0.6) is 5.75 Å². The Labute approximate surface area is 140 Å². The summed E-state index contributed by atoms with van der Waals surface area (Å²) in [5.74, 6) is 1.56. The number of rotatable bonds is 6. The predicted octanol–water partition coefficient (Wildman–Crippen LogP) is 4.29. The summed E-state index contributed by atoms with van der Waals surface area (Å²) in [7, 11) is 0. The Kier molecular flexibility index (Phi) is 4.13. The highest BCUT2D eigenvalue weighted by molar-refractivity contribution is 5.70. The van der Waals surface area contributed by atoms with Gasteiger partial charge in [0.1, 0.15) is 24.2 Å². The second kappa shape index (κ2) is 6.72. The fourth-order valence-corrected chi connectivity index (χ4v) is 2.35. The summed E-state index contributed by atoms with van der Waals surface area (Å²) in [5.41, 5.74) is 2.91. The number of epoxide rings is 1. The molecule has 1 fully saturated rings. The van der Waals surface area contributed by atoms with Gasteiger partial charge < -0.3 is 14.0 Å². The number of hydrogen-bond acceptors (Lipinski definition) is 4. The summed E-state index contributed by atoms with van der Waals surface area (Å²) in [6.45, 7) is 1.41. The molecule has 120 valence electrons. The fourth-order valence-electron chi connectivity index (χ4n) is 2.35. The van der Waals surface area contributed by atoms with E-state index in [0.29, 0.717) is 12.4 Å². The van der Waals surface area contributed by atoms with Crippen molar-refractivity contribution in [1.82, 2.24) is 5.16 Å². The van der Waals surface area contributed by atoms with Crippen LogP contribution < -0.4 is 4.74 Å². The molecule has 1 aliphatic heterocycles. The second-order valence-electron chi connectivity index (χ2n) is 5.65. The second-order valence-corrected chi connectivity index (χ2v) is 5.65. The van der Waals surface area contributed by atoms with Crippen molar-refractivity contribution in [3.8, 4) is 17.0 Å². The maximum Gasteiger partial charge on any atom is 0.160 e. The Morgan fingerprint density at radius 3 is 2.75 bits per heavy atom. The molecule has 1 unspecified atom stereocenters. The topological polar surface area (TPSA) is 47.8 Å². The van der Waals surface area contributed by atoms with Gasteiger partial charge in [0, 0.05) is 11.6 Å². The Morgan fingerprint density at radius 2 is 1.92 bits per heavy atom. The van der Waals surface area contributed by atoms with Crippen LogP contribution in [0.2, 0.25) is 0 Å². The molecule has 0 saturated carbocycles. The first-order valence-corrected chi connectivity index (χ1v) is 7.91. The van der Waals surface area contributed by atoms with E-state index >= 15 is 0 Å². The third-order valence-corrected chi connectivity index (χ3v) is 3.73. The zero-order chi connectivity index (χ0) is 16.2. The molecule has 3 aromatic rings. The quantitative estimate of drug-likeness (QED) is 0.636.